The molecular weight excluding hydrogens is 366 g/mol. The van der Waals surface area contributed by atoms with Crippen molar-refractivity contribution in [1.29, 1.82) is 0 Å². The van der Waals surface area contributed by atoms with E-state index in [0.29, 0.717) is 6.10 Å². The van der Waals surface area contributed by atoms with Crippen molar-refractivity contribution < 1.29 is 22.0 Å². The van der Waals surface area contributed by atoms with Gasteiger partial charge in [0.25, 0.3) is 0 Å². The summed E-state index contributed by atoms with van der Waals surface area (Å²) in [5.74, 6) is 0. The molecule has 1 N–H and O–H groups in total. The molecular formula is C25H52ClNO. The molecule has 1 rings (SSSR count). The number of rotatable bonds is 22. The van der Waals surface area contributed by atoms with Gasteiger partial charge in [-0.15, -0.1) is 0 Å². The quantitative estimate of drug-likeness (QED) is 0.211. The summed E-state index contributed by atoms with van der Waals surface area (Å²) in [6, 6.07) is 0. The van der Waals surface area contributed by atoms with Crippen LogP contribution in [0.25, 0.3) is 0 Å². The number of ether oxygens (including phenoxy) is 1. The van der Waals surface area contributed by atoms with Crippen molar-refractivity contribution in [2.45, 2.75) is 135 Å². The normalized spacial score (nSPS) is 15.8. The molecule has 0 aliphatic carbocycles. The molecule has 0 radical (unpaired) electrons. The number of unbranched alkanes of at least 4 members (excludes halogenated alkanes) is 18. The molecule has 1 saturated heterocycles. The third-order valence-corrected chi connectivity index (χ3v) is 6.11. The summed E-state index contributed by atoms with van der Waals surface area (Å²) in [6.45, 7) is 2.38. The van der Waals surface area contributed by atoms with Crippen molar-refractivity contribution in [2.75, 3.05) is 27.2 Å². The van der Waals surface area contributed by atoms with E-state index in [1.165, 1.54) is 135 Å². The second-order valence-corrected chi connectivity index (χ2v) is 9.42. The topological polar surface area (TPSA) is 17.0 Å². The van der Waals surface area contributed by atoms with Crippen molar-refractivity contribution in [3.8, 4) is 0 Å². The minimum atomic E-state index is 0. The maximum absolute atomic E-state index is 5.25. The lowest BCUT2D eigenvalue weighted by Crippen LogP contribution is -3.05. The largest absolute Gasteiger partial charge is 1.00 e. The minimum Gasteiger partial charge on any atom is -1.00 e. The molecule has 0 amide bonds. The molecule has 170 valence electrons. The molecule has 28 heavy (non-hydrogen) atoms. The molecule has 3 heteroatoms. The van der Waals surface area contributed by atoms with Gasteiger partial charge in [-0.2, -0.15) is 0 Å². The third-order valence-electron chi connectivity index (χ3n) is 6.11. The number of nitrogens with one attached hydrogen (secondary N) is 1. The average molecular weight is 418 g/mol. The zero-order valence-corrected chi connectivity index (χ0v) is 20.2. The number of hydrogen-bond donors (Lipinski definition) is 1. The molecule has 1 atom stereocenters. The van der Waals surface area contributed by atoms with Gasteiger partial charge in [0.1, 0.15) is 0 Å². The van der Waals surface area contributed by atoms with Gasteiger partial charge in [0.05, 0.1) is 33.4 Å². The van der Waals surface area contributed by atoms with Gasteiger partial charge in [0, 0.05) is 0 Å². The zero-order chi connectivity index (χ0) is 19.4. The molecule has 0 spiro atoms. The molecule has 1 heterocycles. The summed E-state index contributed by atoms with van der Waals surface area (Å²) in [5.41, 5.74) is 0. The van der Waals surface area contributed by atoms with Crippen molar-refractivity contribution >= 4 is 0 Å². The lowest BCUT2D eigenvalue weighted by Gasteiger charge is -2.06. The van der Waals surface area contributed by atoms with Crippen LogP contribution in [0.4, 0.5) is 0 Å². The second-order valence-electron chi connectivity index (χ2n) is 9.42. The van der Waals surface area contributed by atoms with E-state index in [0.717, 1.165) is 6.61 Å². The number of epoxide rings is 1. The molecule has 0 aromatic heterocycles. The van der Waals surface area contributed by atoms with Gasteiger partial charge in [-0.1, -0.05) is 109 Å². The standard InChI is InChI=1S/C25H51NO.ClH/c1-26(2)23-21-19-17-15-13-11-9-7-5-3-4-6-8-10-12-14-16-18-20-22-25-24-27-25;/h25H,3-24H2,1-2H3;1H. The maximum Gasteiger partial charge on any atom is 0.0810 e. The molecule has 1 aliphatic rings. The van der Waals surface area contributed by atoms with E-state index in [4.69, 9.17) is 4.74 Å². The van der Waals surface area contributed by atoms with E-state index < -0.39 is 0 Å². The maximum atomic E-state index is 5.25. The predicted molar refractivity (Wildman–Crippen MR) is 120 cm³/mol. The summed E-state index contributed by atoms with van der Waals surface area (Å²) >= 11 is 0. The highest BCUT2D eigenvalue weighted by Crippen LogP contribution is 2.18. The Morgan fingerprint density at radius 1 is 0.536 bits per heavy atom. The molecule has 0 saturated carbocycles. The fraction of sp³-hybridized carbons (Fsp3) is 1.00. The van der Waals surface area contributed by atoms with Gasteiger partial charge in [0.2, 0.25) is 0 Å². The number of halogens is 1. The van der Waals surface area contributed by atoms with E-state index >= 15 is 0 Å². The van der Waals surface area contributed by atoms with Crippen LogP contribution in [0, 0.1) is 0 Å². The first-order chi connectivity index (χ1) is 13.3. The SMILES string of the molecule is C[NH+](C)CCCCCCCCCCCCCCCCCCCCCC1CO1.[Cl-]. The smallest absolute Gasteiger partial charge is 0.0810 e. The Labute approximate surface area is 184 Å². The second kappa shape index (κ2) is 21.9. The van der Waals surface area contributed by atoms with Crippen LogP contribution in [0.1, 0.15) is 128 Å². The van der Waals surface area contributed by atoms with Gasteiger partial charge < -0.3 is 22.0 Å². The third kappa shape index (κ3) is 22.5. The Hall–Kier alpha value is 0.210. The van der Waals surface area contributed by atoms with Crippen LogP contribution in [0.2, 0.25) is 0 Å². The first-order valence-electron chi connectivity index (χ1n) is 12.7. The minimum absolute atomic E-state index is 0. The molecule has 1 aliphatic heterocycles. The average Bonchev–Trinajstić information content (AvgIpc) is 3.47. The Morgan fingerprint density at radius 3 is 1.11 bits per heavy atom. The van der Waals surface area contributed by atoms with Gasteiger partial charge >= 0.3 is 0 Å². The van der Waals surface area contributed by atoms with Crippen molar-refractivity contribution in [3.63, 3.8) is 0 Å². The van der Waals surface area contributed by atoms with Crippen LogP contribution in [0.3, 0.4) is 0 Å². The highest BCUT2D eigenvalue weighted by Gasteiger charge is 2.20. The Kier molecular flexibility index (Phi) is 22.1. The van der Waals surface area contributed by atoms with Crippen LogP contribution in [0.15, 0.2) is 0 Å². The zero-order valence-electron chi connectivity index (χ0n) is 19.4. The summed E-state index contributed by atoms with van der Waals surface area (Å²) < 4.78 is 5.25. The van der Waals surface area contributed by atoms with Gasteiger partial charge in [0.15, 0.2) is 0 Å². The van der Waals surface area contributed by atoms with E-state index in [1.54, 1.807) is 4.90 Å². The first-order valence-corrected chi connectivity index (χ1v) is 12.7. The monoisotopic (exact) mass is 417 g/mol. The molecule has 1 fully saturated rings. The van der Waals surface area contributed by atoms with E-state index in [1.807, 2.05) is 0 Å². The van der Waals surface area contributed by atoms with Crippen LogP contribution >= 0.6 is 0 Å². The lowest BCUT2D eigenvalue weighted by atomic mass is 10.0. The lowest BCUT2D eigenvalue weighted by molar-refractivity contribution is -0.858. The number of hydrogen-bond acceptors (Lipinski definition) is 1. The molecule has 0 aromatic carbocycles. The molecule has 1 unspecified atom stereocenters. The summed E-state index contributed by atoms with van der Waals surface area (Å²) in [6.07, 6.45) is 29.7. The predicted octanol–water partition coefficient (Wildman–Crippen LogP) is 3.34. The highest BCUT2D eigenvalue weighted by molar-refractivity contribution is 4.68. The summed E-state index contributed by atoms with van der Waals surface area (Å²) in [4.78, 5) is 1.60. The fourth-order valence-corrected chi connectivity index (χ4v) is 4.09. The van der Waals surface area contributed by atoms with Crippen molar-refractivity contribution in [1.82, 2.24) is 0 Å². The van der Waals surface area contributed by atoms with E-state index in [2.05, 4.69) is 14.1 Å². The number of quaternary nitrogens is 1. The van der Waals surface area contributed by atoms with Crippen LogP contribution in [-0.2, 0) is 4.74 Å². The van der Waals surface area contributed by atoms with Gasteiger partial charge in [-0.3, -0.25) is 0 Å². The fourth-order valence-electron chi connectivity index (χ4n) is 4.09. The van der Waals surface area contributed by atoms with Gasteiger partial charge in [-0.25, -0.2) is 0 Å². The van der Waals surface area contributed by atoms with Crippen molar-refractivity contribution in [3.05, 3.63) is 0 Å². The molecule has 0 bridgehead atoms. The van der Waals surface area contributed by atoms with Crippen LogP contribution in [0.5, 0.6) is 0 Å². The van der Waals surface area contributed by atoms with Crippen LogP contribution in [-0.4, -0.2) is 33.4 Å². The Bertz CT molecular complexity index is 274. The summed E-state index contributed by atoms with van der Waals surface area (Å²) in [5, 5.41) is 0. The van der Waals surface area contributed by atoms with Crippen LogP contribution < -0.4 is 17.3 Å². The first kappa shape index (κ1) is 28.2. The Balaban J connectivity index is 0.00000729. The molecule has 2 nitrogen and oxygen atoms in total. The van der Waals surface area contributed by atoms with E-state index in [-0.39, 0.29) is 12.4 Å². The molecule has 0 aromatic rings. The van der Waals surface area contributed by atoms with E-state index in [9.17, 15) is 0 Å². The van der Waals surface area contributed by atoms with Crippen molar-refractivity contribution in [2.24, 2.45) is 0 Å². The Morgan fingerprint density at radius 2 is 0.821 bits per heavy atom. The highest BCUT2D eigenvalue weighted by atomic mass is 35.5. The summed E-state index contributed by atoms with van der Waals surface area (Å²) in [7, 11) is 4.52. The van der Waals surface area contributed by atoms with Gasteiger partial charge in [-0.05, 0) is 19.3 Å².